The van der Waals surface area contributed by atoms with Gasteiger partial charge in [0.15, 0.2) is 5.82 Å². The molecule has 0 unspecified atom stereocenters. The highest BCUT2D eigenvalue weighted by Crippen LogP contribution is 2.19. The number of rotatable bonds is 5. The van der Waals surface area contributed by atoms with Gasteiger partial charge < -0.3 is 5.32 Å². The molecule has 0 amide bonds. The first-order valence-corrected chi connectivity index (χ1v) is 5.74. The number of terminal acetylenes is 1. The number of aryl methyl sites for hydroxylation is 1. The van der Waals surface area contributed by atoms with Crippen LogP contribution in [0.4, 0.5) is 5.82 Å². The largest absolute Gasteiger partial charge is 0.367 e. The van der Waals surface area contributed by atoms with E-state index in [1.54, 1.807) is 0 Å². The first kappa shape index (κ1) is 13.0. The number of nitriles is 1. The van der Waals surface area contributed by atoms with E-state index >= 15 is 0 Å². The summed E-state index contributed by atoms with van der Waals surface area (Å²) in [5.41, 5.74) is 2.47. The summed E-state index contributed by atoms with van der Waals surface area (Å²) in [5, 5.41) is 20.4. The summed E-state index contributed by atoms with van der Waals surface area (Å²) < 4.78 is 0. The van der Waals surface area contributed by atoms with Crippen molar-refractivity contribution in [1.29, 1.82) is 5.26 Å². The van der Waals surface area contributed by atoms with Crippen molar-refractivity contribution >= 4 is 5.82 Å². The lowest BCUT2D eigenvalue weighted by Gasteiger charge is -2.11. The molecule has 0 bridgehead atoms. The quantitative estimate of drug-likeness (QED) is 0.617. The Hall–Kier alpha value is -2.07. The van der Waals surface area contributed by atoms with Crippen LogP contribution in [0.3, 0.4) is 0 Å². The van der Waals surface area contributed by atoms with Crippen molar-refractivity contribution in [3.8, 4) is 18.4 Å². The topological polar surface area (TPSA) is 61.6 Å². The normalized spacial score (nSPS) is 9.41. The van der Waals surface area contributed by atoms with Crippen molar-refractivity contribution in [2.75, 3.05) is 11.9 Å². The molecule has 1 heterocycles. The predicted octanol–water partition coefficient (Wildman–Crippen LogP) is 1.91. The molecule has 1 N–H and O–H groups in total. The van der Waals surface area contributed by atoms with Crippen LogP contribution in [0, 0.1) is 23.7 Å². The summed E-state index contributed by atoms with van der Waals surface area (Å²) in [6, 6.07) is 2.20. The van der Waals surface area contributed by atoms with Crippen LogP contribution in [0.25, 0.3) is 0 Å². The Balaban J connectivity index is 3.07. The number of anilines is 1. The molecular formula is C13H16N4. The monoisotopic (exact) mass is 228 g/mol. The standard InChI is InChI=1S/C13H16N4/c1-4-7-8-15-13-11(9-14)10(5-2)12(6-3)16-17-13/h1H,5-8H2,2-3H3,(H,15,17). The van der Waals surface area contributed by atoms with E-state index < -0.39 is 0 Å². The van der Waals surface area contributed by atoms with E-state index in [0.29, 0.717) is 24.3 Å². The zero-order chi connectivity index (χ0) is 12.7. The van der Waals surface area contributed by atoms with E-state index in [-0.39, 0.29) is 0 Å². The lowest BCUT2D eigenvalue weighted by Crippen LogP contribution is -2.10. The van der Waals surface area contributed by atoms with Crippen LogP contribution in [0.15, 0.2) is 0 Å². The molecule has 0 radical (unpaired) electrons. The average Bonchev–Trinajstić information content (AvgIpc) is 2.38. The van der Waals surface area contributed by atoms with Gasteiger partial charge >= 0.3 is 0 Å². The molecule has 88 valence electrons. The fourth-order valence-corrected chi connectivity index (χ4v) is 1.67. The molecule has 0 spiro atoms. The summed E-state index contributed by atoms with van der Waals surface area (Å²) in [6.07, 6.45) is 7.34. The SMILES string of the molecule is C#CCCNc1nnc(CC)c(CC)c1C#N. The third-order valence-corrected chi connectivity index (χ3v) is 2.52. The molecule has 0 fully saturated rings. The number of nitrogens with zero attached hydrogens (tertiary/aromatic N) is 3. The highest BCUT2D eigenvalue weighted by molar-refractivity contribution is 5.56. The number of hydrogen-bond donors (Lipinski definition) is 1. The number of hydrogen-bond acceptors (Lipinski definition) is 4. The highest BCUT2D eigenvalue weighted by atomic mass is 15.2. The molecule has 4 heteroatoms. The van der Waals surface area contributed by atoms with Gasteiger partial charge in [0.25, 0.3) is 0 Å². The first-order chi connectivity index (χ1) is 8.28. The summed E-state index contributed by atoms with van der Waals surface area (Å²) in [4.78, 5) is 0. The van der Waals surface area contributed by atoms with Crippen molar-refractivity contribution in [2.45, 2.75) is 33.1 Å². The first-order valence-electron chi connectivity index (χ1n) is 5.74. The molecule has 0 saturated carbocycles. The van der Waals surface area contributed by atoms with Crippen LogP contribution in [-0.4, -0.2) is 16.7 Å². The Kier molecular flexibility index (Phi) is 4.97. The summed E-state index contributed by atoms with van der Waals surface area (Å²) >= 11 is 0. The van der Waals surface area contributed by atoms with Gasteiger partial charge in [0.2, 0.25) is 0 Å². The van der Waals surface area contributed by atoms with Crippen molar-refractivity contribution in [3.63, 3.8) is 0 Å². The lowest BCUT2D eigenvalue weighted by atomic mass is 10.0. The number of nitrogens with one attached hydrogen (secondary N) is 1. The second-order valence-electron chi connectivity index (χ2n) is 3.55. The molecule has 17 heavy (non-hydrogen) atoms. The van der Waals surface area contributed by atoms with Crippen LogP contribution in [0.2, 0.25) is 0 Å². The Morgan fingerprint density at radius 2 is 2.06 bits per heavy atom. The van der Waals surface area contributed by atoms with Crippen LogP contribution < -0.4 is 5.32 Å². The van der Waals surface area contributed by atoms with Gasteiger partial charge in [-0.2, -0.15) is 10.4 Å². The van der Waals surface area contributed by atoms with E-state index in [2.05, 4.69) is 27.5 Å². The minimum absolute atomic E-state index is 0.539. The van der Waals surface area contributed by atoms with E-state index in [0.717, 1.165) is 24.1 Å². The molecule has 0 aliphatic heterocycles. The molecule has 1 rings (SSSR count). The third-order valence-electron chi connectivity index (χ3n) is 2.52. The summed E-state index contributed by atoms with van der Waals surface area (Å²) in [7, 11) is 0. The average molecular weight is 228 g/mol. The minimum atomic E-state index is 0.539. The fraction of sp³-hybridized carbons (Fsp3) is 0.462. The van der Waals surface area contributed by atoms with E-state index in [9.17, 15) is 5.26 Å². The van der Waals surface area contributed by atoms with Crippen LogP contribution >= 0.6 is 0 Å². The van der Waals surface area contributed by atoms with Gasteiger partial charge in [0.05, 0.1) is 5.69 Å². The van der Waals surface area contributed by atoms with E-state index in [1.807, 2.05) is 13.8 Å². The van der Waals surface area contributed by atoms with Gasteiger partial charge in [0.1, 0.15) is 11.6 Å². The van der Waals surface area contributed by atoms with Crippen molar-refractivity contribution < 1.29 is 0 Å². The Morgan fingerprint density at radius 1 is 1.29 bits per heavy atom. The molecule has 1 aromatic rings. The summed E-state index contributed by atoms with van der Waals surface area (Å²) in [5.74, 6) is 3.07. The molecule has 0 aliphatic rings. The van der Waals surface area contributed by atoms with Crippen molar-refractivity contribution in [1.82, 2.24) is 10.2 Å². The molecular weight excluding hydrogens is 212 g/mol. The summed E-state index contributed by atoms with van der Waals surface area (Å²) in [6.45, 7) is 4.63. The second kappa shape index (κ2) is 6.50. The molecule has 0 aliphatic carbocycles. The van der Waals surface area contributed by atoms with Crippen molar-refractivity contribution in [2.24, 2.45) is 0 Å². The zero-order valence-electron chi connectivity index (χ0n) is 10.2. The Morgan fingerprint density at radius 3 is 2.59 bits per heavy atom. The van der Waals surface area contributed by atoms with E-state index in [1.165, 1.54) is 0 Å². The molecule has 0 aromatic carbocycles. The smallest absolute Gasteiger partial charge is 0.166 e. The van der Waals surface area contributed by atoms with Gasteiger partial charge in [-0.1, -0.05) is 13.8 Å². The lowest BCUT2D eigenvalue weighted by molar-refractivity contribution is 0.869. The predicted molar refractivity (Wildman–Crippen MR) is 67.4 cm³/mol. The van der Waals surface area contributed by atoms with Gasteiger partial charge in [-0.15, -0.1) is 17.4 Å². The van der Waals surface area contributed by atoms with Crippen LogP contribution in [0.1, 0.15) is 37.1 Å². The fourth-order valence-electron chi connectivity index (χ4n) is 1.67. The van der Waals surface area contributed by atoms with Crippen LogP contribution in [0.5, 0.6) is 0 Å². The van der Waals surface area contributed by atoms with Gasteiger partial charge in [-0.3, -0.25) is 0 Å². The van der Waals surface area contributed by atoms with Gasteiger partial charge in [-0.25, -0.2) is 0 Å². The van der Waals surface area contributed by atoms with E-state index in [4.69, 9.17) is 6.42 Å². The number of aromatic nitrogens is 2. The third kappa shape index (κ3) is 2.95. The molecule has 0 saturated heterocycles. The Bertz CT molecular complexity index is 466. The molecule has 4 nitrogen and oxygen atoms in total. The maximum atomic E-state index is 9.21. The molecule has 0 atom stereocenters. The maximum absolute atomic E-state index is 9.21. The zero-order valence-corrected chi connectivity index (χ0v) is 10.2. The molecule has 1 aromatic heterocycles. The van der Waals surface area contributed by atoms with Crippen molar-refractivity contribution in [3.05, 3.63) is 16.8 Å². The highest BCUT2D eigenvalue weighted by Gasteiger charge is 2.13. The Labute approximate surface area is 102 Å². The maximum Gasteiger partial charge on any atom is 0.166 e. The van der Waals surface area contributed by atoms with Gasteiger partial charge in [-0.05, 0) is 18.4 Å². The van der Waals surface area contributed by atoms with Crippen LogP contribution in [-0.2, 0) is 12.8 Å². The minimum Gasteiger partial charge on any atom is -0.367 e. The second-order valence-corrected chi connectivity index (χ2v) is 3.55. The van der Waals surface area contributed by atoms with Gasteiger partial charge in [0, 0.05) is 13.0 Å².